The summed E-state index contributed by atoms with van der Waals surface area (Å²) in [6.45, 7) is 8.64. The summed E-state index contributed by atoms with van der Waals surface area (Å²) < 4.78 is 24.2. The van der Waals surface area contributed by atoms with Gasteiger partial charge in [0.2, 0.25) is 11.8 Å². The first-order valence-electron chi connectivity index (χ1n) is 18.8. The minimum absolute atomic E-state index is 0.371. The molecule has 0 spiro atoms. The van der Waals surface area contributed by atoms with Gasteiger partial charge >= 0.3 is 5.97 Å². The molecule has 1 aliphatic carbocycles. The van der Waals surface area contributed by atoms with Crippen molar-refractivity contribution in [3.63, 3.8) is 0 Å². The van der Waals surface area contributed by atoms with Gasteiger partial charge in [-0.3, -0.25) is 0 Å². The zero-order valence-corrected chi connectivity index (χ0v) is 34.1. The second-order valence-corrected chi connectivity index (χ2v) is 15.4. The molecule has 1 aliphatic rings. The average molecular weight is 853 g/mol. The van der Waals surface area contributed by atoms with Crippen LogP contribution in [0.1, 0.15) is 62.4 Å². The van der Waals surface area contributed by atoms with Crippen molar-refractivity contribution >= 4 is 28.6 Å². The van der Waals surface area contributed by atoms with Gasteiger partial charge in [-0.1, -0.05) is 114 Å². The highest BCUT2D eigenvalue weighted by atomic mass is 127. The molecule has 55 heavy (non-hydrogen) atoms. The predicted octanol–water partition coefficient (Wildman–Crippen LogP) is 11.8. The molecule has 6 aromatic rings. The molecule has 2 aromatic heterocycles. The molecular weight excluding hydrogens is 803 g/mol. The highest BCUT2D eigenvalue weighted by Crippen LogP contribution is 2.32. The minimum atomic E-state index is -1.15. The highest BCUT2D eigenvalue weighted by Gasteiger charge is 2.31. The Labute approximate surface area is 337 Å². The van der Waals surface area contributed by atoms with Crippen LogP contribution in [0.5, 0.6) is 0 Å². The number of benzene rings is 4. The van der Waals surface area contributed by atoms with E-state index in [-0.39, 0.29) is 0 Å². The number of aryl methyl sites for hydroxylation is 2. The third kappa shape index (κ3) is 10.8. The number of oxazole rings is 2. The lowest BCUT2D eigenvalue weighted by molar-refractivity contribution is -0.163. The topological polar surface area (TPSA) is 108 Å². The van der Waals surface area contributed by atoms with Crippen LogP contribution in [0.25, 0.3) is 45.2 Å². The Morgan fingerprint density at radius 2 is 1.13 bits per heavy atom. The van der Waals surface area contributed by atoms with Gasteiger partial charge in [0, 0.05) is 22.2 Å². The van der Waals surface area contributed by atoms with Gasteiger partial charge in [-0.05, 0) is 105 Å². The third-order valence-electron chi connectivity index (χ3n) is 10.1. The number of rotatable bonds is 13. The Morgan fingerprint density at radius 1 is 0.691 bits per heavy atom. The van der Waals surface area contributed by atoms with E-state index in [1.54, 1.807) is 13.8 Å². The number of hydrogen-bond acceptors (Lipinski definition) is 7. The number of nitrogens with zero attached hydrogens (tertiary/aromatic N) is 2. The Kier molecular flexibility index (Phi) is 13.7. The van der Waals surface area contributed by atoms with E-state index in [1.165, 1.54) is 16.7 Å². The lowest BCUT2D eigenvalue weighted by Gasteiger charge is -2.31. The molecule has 0 bridgehead atoms. The zero-order chi connectivity index (χ0) is 38.8. The van der Waals surface area contributed by atoms with E-state index in [0.717, 1.165) is 69.7 Å². The summed E-state index contributed by atoms with van der Waals surface area (Å²) in [5.41, 5.74) is 7.42. The van der Waals surface area contributed by atoms with E-state index in [1.807, 2.05) is 62.4 Å². The molecule has 1 saturated carbocycles. The Bertz CT molecular complexity index is 2110. The summed E-state index contributed by atoms with van der Waals surface area (Å²) >= 11 is 2.30. The molecule has 1 fully saturated rings. The summed E-state index contributed by atoms with van der Waals surface area (Å²) in [7, 11) is 0. The number of alkyl halides is 1. The van der Waals surface area contributed by atoms with E-state index in [4.69, 9.17) is 18.3 Å². The number of carbonyl (C=O) groups is 1. The SMILES string of the molecule is Cc1oc(-c2ccc(-c3ccccc3)cc2)nc1CI.Cc1oc(-c2ccc(-c3ccccc3)cc2)nc1COC[C@H]1CCC[C@@H](COC(C)(C)C(=O)O)C1. The summed E-state index contributed by atoms with van der Waals surface area (Å²) in [6, 6.07) is 37.2. The molecule has 2 heterocycles. The molecule has 0 unspecified atom stereocenters. The van der Waals surface area contributed by atoms with Crippen molar-refractivity contribution in [1.29, 1.82) is 0 Å². The fourth-order valence-electron chi connectivity index (χ4n) is 6.65. The van der Waals surface area contributed by atoms with Crippen LogP contribution >= 0.6 is 22.6 Å². The third-order valence-corrected chi connectivity index (χ3v) is 10.8. The Balaban J connectivity index is 0.000000217. The van der Waals surface area contributed by atoms with Crippen LogP contribution in [-0.2, 0) is 25.3 Å². The predicted molar refractivity (Wildman–Crippen MR) is 225 cm³/mol. The first kappa shape index (κ1) is 40.1. The van der Waals surface area contributed by atoms with Gasteiger partial charge in [0.15, 0.2) is 5.60 Å². The molecule has 8 nitrogen and oxygen atoms in total. The van der Waals surface area contributed by atoms with Crippen LogP contribution in [0.15, 0.2) is 118 Å². The molecule has 0 radical (unpaired) electrons. The largest absolute Gasteiger partial charge is 0.479 e. The summed E-state index contributed by atoms with van der Waals surface area (Å²) in [5, 5.41) is 9.24. The molecule has 7 rings (SSSR count). The molecule has 0 saturated heterocycles. The first-order valence-corrected chi connectivity index (χ1v) is 20.4. The van der Waals surface area contributed by atoms with Crippen molar-refractivity contribution < 1.29 is 28.2 Å². The van der Waals surface area contributed by atoms with Crippen LogP contribution < -0.4 is 0 Å². The fourth-order valence-corrected chi connectivity index (χ4v) is 7.36. The van der Waals surface area contributed by atoms with Crippen LogP contribution in [-0.4, -0.2) is 39.9 Å². The number of hydrogen-bond donors (Lipinski definition) is 1. The van der Waals surface area contributed by atoms with Crippen molar-refractivity contribution in [2.45, 2.75) is 70.0 Å². The van der Waals surface area contributed by atoms with E-state index in [2.05, 4.69) is 93.2 Å². The lowest BCUT2D eigenvalue weighted by Crippen LogP contribution is -2.37. The van der Waals surface area contributed by atoms with E-state index < -0.39 is 11.6 Å². The number of carboxylic acids is 1. The maximum Gasteiger partial charge on any atom is 0.335 e. The smallest absolute Gasteiger partial charge is 0.335 e. The number of halogens is 1. The van der Waals surface area contributed by atoms with Gasteiger partial charge in [-0.25, -0.2) is 14.8 Å². The number of carboxylic acid groups (broad SMARTS) is 1. The molecule has 0 aliphatic heterocycles. The van der Waals surface area contributed by atoms with Gasteiger partial charge < -0.3 is 23.4 Å². The van der Waals surface area contributed by atoms with Gasteiger partial charge in [0.1, 0.15) is 17.2 Å². The molecule has 0 amide bonds. The van der Waals surface area contributed by atoms with E-state index >= 15 is 0 Å². The normalized spacial score (nSPS) is 15.7. The second kappa shape index (κ2) is 18.8. The quantitative estimate of drug-likeness (QED) is 0.0904. The van der Waals surface area contributed by atoms with Crippen LogP contribution in [0.2, 0.25) is 0 Å². The van der Waals surface area contributed by atoms with Crippen LogP contribution in [0.4, 0.5) is 0 Å². The number of ether oxygens (including phenoxy) is 2. The van der Waals surface area contributed by atoms with Crippen LogP contribution in [0.3, 0.4) is 0 Å². The van der Waals surface area contributed by atoms with Gasteiger partial charge in [-0.2, -0.15) is 0 Å². The maximum absolute atomic E-state index is 11.3. The van der Waals surface area contributed by atoms with Crippen molar-refractivity contribution in [2.24, 2.45) is 11.8 Å². The maximum atomic E-state index is 11.3. The monoisotopic (exact) mass is 852 g/mol. The number of aliphatic carboxylic acids is 1. The lowest BCUT2D eigenvalue weighted by atomic mass is 9.82. The van der Waals surface area contributed by atoms with E-state index in [9.17, 15) is 9.90 Å². The average Bonchev–Trinajstić information content (AvgIpc) is 3.79. The summed E-state index contributed by atoms with van der Waals surface area (Å²) in [4.78, 5) is 20.5. The van der Waals surface area contributed by atoms with Crippen molar-refractivity contribution in [2.75, 3.05) is 13.2 Å². The summed E-state index contributed by atoms with van der Waals surface area (Å²) in [5.74, 6) is 2.88. The fraction of sp³-hybridized carbons (Fsp3) is 0.326. The van der Waals surface area contributed by atoms with Gasteiger partial charge in [-0.15, -0.1) is 0 Å². The Morgan fingerprint density at radius 3 is 1.60 bits per heavy atom. The van der Waals surface area contributed by atoms with Crippen LogP contribution in [0, 0.1) is 25.7 Å². The van der Waals surface area contributed by atoms with Gasteiger partial charge in [0.25, 0.3) is 0 Å². The van der Waals surface area contributed by atoms with Gasteiger partial charge in [0.05, 0.1) is 18.9 Å². The molecule has 286 valence electrons. The van der Waals surface area contributed by atoms with Crippen molar-refractivity contribution in [1.82, 2.24) is 9.97 Å². The summed E-state index contributed by atoms with van der Waals surface area (Å²) in [6.07, 6.45) is 4.30. The van der Waals surface area contributed by atoms with Crippen molar-refractivity contribution in [3.05, 3.63) is 132 Å². The molecular formula is C46H49IN2O6. The van der Waals surface area contributed by atoms with E-state index in [0.29, 0.717) is 43.4 Å². The zero-order valence-electron chi connectivity index (χ0n) is 32.0. The number of aromatic nitrogens is 2. The minimum Gasteiger partial charge on any atom is -0.479 e. The molecule has 1 N–H and O–H groups in total. The van der Waals surface area contributed by atoms with Crippen molar-refractivity contribution in [3.8, 4) is 45.2 Å². The molecule has 4 aromatic carbocycles. The highest BCUT2D eigenvalue weighted by molar-refractivity contribution is 14.1. The molecule has 2 atom stereocenters. The Hall–Kier alpha value is -4.58. The second-order valence-electron chi connectivity index (χ2n) is 14.6. The standard InChI is InChI=1S/C29H35NO5.C17H14INO/c1-20-26(19-33-17-21-8-7-9-22(16-21)18-34-29(2,3)28(31)32)30-27(35-20)25-14-12-24(13-15-25)23-10-5-4-6-11-23;1-12-16(11-18)19-17(20-12)15-9-7-14(8-10-15)13-5-3-2-4-6-13/h4-6,10-15,21-22H,7-9,16-19H2,1-3H3,(H,31,32);2-10H,11H2,1H3/t21-,22+;/m0./s1. The molecule has 9 heteroatoms. The first-order chi connectivity index (χ1) is 26.6.